The average molecular weight is 350 g/mol. The van der Waals surface area contributed by atoms with Gasteiger partial charge in [0.2, 0.25) is 11.8 Å². The Hall–Kier alpha value is -1.92. The second-order valence-electron chi connectivity index (χ2n) is 6.09. The normalized spacial score (nSPS) is 18.2. The van der Waals surface area contributed by atoms with E-state index in [4.69, 9.17) is 20.9 Å². The molecule has 1 aliphatic heterocycles. The molecule has 0 saturated carbocycles. The van der Waals surface area contributed by atoms with E-state index in [2.05, 4.69) is 10.1 Å². The highest BCUT2D eigenvalue weighted by atomic mass is 35.5. The monoisotopic (exact) mass is 349 g/mol. The van der Waals surface area contributed by atoms with Crippen molar-refractivity contribution in [3.63, 3.8) is 0 Å². The van der Waals surface area contributed by atoms with Crippen LogP contribution < -0.4 is 0 Å². The first kappa shape index (κ1) is 16.9. The van der Waals surface area contributed by atoms with Crippen LogP contribution >= 0.6 is 11.6 Å². The van der Waals surface area contributed by atoms with Crippen molar-refractivity contribution in [1.29, 1.82) is 0 Å². The van der Waals surface area contributed by atoms with Crippen LogP contribution in [0, 0.1) is 0 Å². The molecule has 1 atom stereocenters. The van der Waals surface area contributed by atoms with Gasteiger partial charge in [-0.3, -0.25) is 4.79 Å². The number of carbonyl (C=O) groups is 1. The lowest BCUT2D eigenvalue weighted by Gasteiger charge is -2.33. The molecule has 0 N–H and O–H groups in total. The van der Waals surface area contributed by atoms with E-state index in [0.717, 1.165) is 5.56 Å². The van der Waals surface area contributed by atoms with Crippen molar-refractivity contribution in [2.75, 3.05) is 19.8 Å². The average Bonchev–Trinajstić information content (AvgIpc) is 3.07. The molecule has 1 aliphatic rings. The van der Waals surface area contributed by atoms with Gasteiger partial charge in [0.15, 0.2) is 5.82 Å². The topological polar surface area (TPSA) is 68.5 Å². The van der Waals surface area contributed by atoms with Gasteiger partial charge in [-0.2, -0.15) is 4.98 Å². The number of carbonyl (C=O) groups excluding carboxylic acids is 1. The highest BCUT2D eigenvalue weighted by molar-refractivity contribution is 6.31. The van der Waals surface area contributed by atoms with E-state index in [1.54, 1.807) is 11.0 Å². The number of hydrogen-bond donors (Lipinski definition) is 0. The number of halogens is 1. The summed E-state index contributed by atoms with van der Waals surface area (Å²) in [5, 5.41) is 4.63. The number of nitrogens with zero attached hydrogens (tertiary/aromatic N) is 3. The summed E-state index contributed by atoms with van der Waals surface area (Å²) in [6.07, 6.45) is 0.241. The first-order valence-corrected chi connectivity index (χ1v) is 8.38. The number of ether oxygens (including phenoxy) is 1. The molecular formula is C17H20ClN3O3. The fourth-order valence-electron chi connectivity index (χ4n) is 2.64. The van der Waals surface area contributed by atoms with Gasteiger partial charge in [0, 0.05) is 17.5 Å². The van der Waals surface area contributed by atoms with E-state index in [-0.39, 0.29) is 24.3 Å². The van der Waals surface area contributed by atoms with E-state index in [0.29, 0.717) is 36.5 Å². The minimum atomic E-state index is -0.329. The lowest BCUT2D eigenvalue weighted by atomic mass is 10.1. The van der Waals surface area contributed by atoms with Gasteiger partial charge >= 0.3 is 0 Å². The highest BCUT2D eigenvalue weighted by Crippen LogP contribution is 2.25. The maximum Gasteiger partial charge on any atom is 0.229 e. The fourth-order valence-corrected chi connectivity index (χ4v) is 2.84. The number of benzene rings is 1. The van der Waals surface area contributed by atoms with Crippen LogP contribution in [-0.2, 0) is 16.0 Å². The standard InChI is InChI=1S/C17H20ClN3O3/c1-11(2)17-19-16(20-24-17)14-10-23-8-7-21(14)15(22)9-12-5-3-4-6-13(12)18/h3-6,11,14H,7-10H2,1-2H3/t14-/m0/s1. The molecule has 1 amide bonds. The van der Waals surface area contributed by atoms with Crippen LogP contribution in [0.15, 0.2) is 28.8 Å². The van der Waals surface area contributed by atoms with Gasteiger partial charge < -0.3 is 14.2 Å². The Bertz CT molecular complexity index is 717. The van der Waals surface area contributed by atoms with Gasteiger partial charge in [0.1, 0.15) is 6.04 Å². The molecule has 3 rings (SSSR count). The molecule has 0 radical (unpaired) electrons. The van der Waals surface area contributed by atoms with Gasteiger partial charge in [-0.25, -0.2) is 0 Å². The smallest absolute Gasteiger partial charge is 0.229 e. The molecule has 6 nitrogen and oxygen atoms in total. The van der Waals surface area contributed by atoms with Crippen molar-refractivity contribution in [3.05, 3.63) is 46.6 Å². The van der Waals surface area contributed by atoms with E-state index in [1.807, 2.05) is 32.0 Å². The molecule has 0 aliphatic carbocycles. The quantitative estimate of drug-likeness (QED) is 0.848. The van der Waals surface area contributed by atoms with Crippen molar-refractivity contribution >= 4 is 17.5 Å². The maximum atomic E-state index is 12.8. The lowest BCUT2D eigenvalue weighted by Crippen LogP contribution is -2.44. The minimum absolute atomic E-state index is 0.0210. The molecule has 0 spiro atoms. The van der Waals surface area contributed by atoms with Gasteiger partial charge in [-0.1, -0.05) is 48.8 Å². The minimum Gasteiger partial charge on any atom is -0.377 e. The van der Waals surface area contributed by atoms with E-state index in [9.17, 15) is 4.79 Å². The third kappa shape index (κ3) is 3.60. The molecule has 1 aromatic carbocycles. The predicted octanol–water partition coefficient (Wildman–Crippen LogP) is 2.99. The highest BCUT2D eigenvalue weighted by Gasteiger charge is 2.32. The third-order valence-electron chi connectivity index (χ3n) is 4.00. The van der Waals surface area contributed by atoms with Crippen LogP contribution in [0.2, 0.25) is 5.02 Å². The van der Waals surface area contributed by atoms with Gasteiger partial charge in [-0.05, 0) is 11.6 Å². The van der Waals surface area contributed by atoms with E-state index < -0.39 is 0 Å². The fraction of sp³-hybridized carbons (Fsp3) is 0.471. The largest absolute Gasteiger partial charge is 0.377 e. The van der Waals surface area contributed by atoms with Crippen molar-refractivity contribution in [2.24, 2.45) is 0 Å². The number of hydrogen-bond acceptors (Lipinski definition) is 5. The zero-order chi connectivity index (χ0) is 17.1. The molecule has 24 heavy (non-hydrogen) atoms. The summed E-state index contributed by atoms with van der Waals surface area (Å²) in [4.78, 5) is 18.9. The Morgan fingerprint density at radius 2 is 2.21 bits per heavy atom. The summed E-state index contributed by atoms with van der Waals surface area (Å²) >= 11 is 6.16. The predicted molar refractivity (Wildman–Crippen MR) is 88.8 cm³/mol. The summed E-state index contributed by atoms with van der Waals surface area (Å²) in [6, 6.07) is 7.04. The van der Waals surface area contributed by atoms with Crippen LogP contribution in [0.25, 0.3) is 0 Å². The van der Waals surface area contributed by atoms with E-state index in [1.165, 1.54) is 0 Å². The molecule has 2 aromatic rings. The van der Waals surface area contributed by atoms with Crippen LogP contribution in [0.1, 0.15) is 43.1 Å². The number of morpholine rings is 1. The molecule has 2 heterocycles. The van der Waals surface area contributed by atoms with Crippen LogP contribution in [-0.4, -0.2) is 40.7 Å². The summed E-state index contributed by atoms with van der Waals surface area (Å²) in [5.74, 6) is 1.18. The third-order valence-corrected chi connectivity index (χ3v) is 4.37. The second-order valence-corrected chi connectivity index (χ2v) is 6.50. The second kappa shape index (κ2) is 7.32. The van der Waals surface area contributed by atoms with Crippen LogP contribution in [0.4, 0.5) is 0 Å². The molecule has 7 heteroatoms. The Labute approximate surface area is 145 Å². The number of amides is 1. The van der Waals surface area contributed by atoms with Gasteiger partial charge in [-0.15, -0.1) is 0 Å². The first-order chi connectivity index (χ1) is 11.6. The number of rotatable bonds is 4. The molecule has 0 bridgehead atoms. The van der Waals surface area contributed by atoms with E-state index >= 15 is 0 Å². The molecule has 1 saturated heterocycles. The SMILES string of the molecule is CC(C)c1nc([C@@H]2COCCN2C(=O)Cc2ccccc2Cl)no1. The molecule has 128 valence electrons. The summed E-state index contributed by atoms with van der Waals surface area (Å²) in [5.41, 5.74) is 0.811. The molecular weight excluding hydrogens is 330 g/mol. The van der Waals surface area contributed by atoms with Crippen molar-refractivity contribution < 1.29 is 14.1 Å². The van der Waals surface area contributed by atoms with Crippen molar-refractivity contribution in [2.45, 2.75) is 32.2 Å². The molecule has 1 fully saturated rings. The Morgan fingerprint density at radius 1 is 1.42 bits per heavy atom. The first-order valence-electron chi connectivity index (χ1n) is 8.00. The van der Waals surface area contributed by atoms with Crippen molar-refractivity contribution in [3.8, 4) is 0 Å². The van der Waals surface area contributed by atoms with Crippen LogP contribution in [0.3, 0.4) is 0 Å². The van der Waals surface area contributed by atoms with Gasteiger partial charge in [0.25, 0.3) is 0 Å². The zero-order valence-electron chi connectivity index (χ0n) is 13.7. The molecule has 0 unspecified atom stereocenters. The number of aromatic nitrogens is 2. The summed E-state index contributed by atoms with van der Waals surface area (Å²) in [6.45, 7) is 5.33. The maximum absolute atomic E-state index is 12.8. The Balaban J connectivity index is 1.78. The molecule has 1 aromatic heterocycles. The van der Waals surface area contributed by atoms with Gasteiger partial charge in [0.05, 0.1) is 19.6 Å². The van der Waals surface area contributed by atoms with Crippen LogP contribution in [0.5, 0.6) is 0 Å². The summed E-state index contributed by atoms with van der Waals surface area (Å²) < 4.78 is 10.8. The Kier molecular flexibility index (Phi) is 5.16. The summed E-state index contributed by atoms with van der Waals surface area (Å²) in [7, 11) is 0. The van der Waals surface area contributed by atoms with Crippen molar-refractivity contribution in [1.82, 2.24) is 15.0 Å². The Morgan fingerprint density at radius 3 is 2.92 bits per heavy atom. The zero-order valence-corrected chi connectivity index (χ0v) is 14.5. The lowest BCUT2D eigenvalue weighted by molar-refractivity contribution is -0.139.